The van der Waals surface area contributed by atoms with Crippen LogP contribution in [0.5, 0.6) is 5.75 Å². The highest BCUT2D eigenvalue weighted by molar-refractivity contribution is 5.56. The lowest BCUT2D eigenvalue weighted by atomic mass is 10.1. The van der Waals surface area contributed by atoms with Crippen molar-refractivity contribution in [2.24, 2.45) is 5.92 Å². The first kappa shape index (κ1) is 10.8. The summed E-state index contributed by atoms with van der Waals surface area (Å²) in [5, 5.41) is 8.71. The van der Waals surface area contributed by atoms with E-state index in [0.717, 1.165) is 6.61 Å². The first-order chi connectivity index (χ1) is 7.79. The van der Waals surface area contributed by atoms with Crippen LogP contribution in [0.2, 0.25) is 0 Å². The van der Waals surface area contributed by atoms with E-state index in [4.69, 9.17) is 15.7 Å². The molecule has 0 aromatic heterocycles. The number of nitrogen functional groups attached to an aromatic ring is 1. The summed E-state index contributed by atoms with van der Waals surface area (Å²) < 4.78 is 5.69. The number of rotatable bonds is 3. The molecule has 16 heavy (non-hydrogen) atoms. The first-order valence-electron chi connectivity index (χ1n) is 5.72. The van der Waals surface area contributed by atoms with Gasteiger partial charge in [0.05, 0.1) is 23.9 Å². The summed E-state index contributed by atoms with van der Waals surface area (Å²) in [6.45, 7) is 0.746. The summed E-state index contributed by atoms with van der Waals surface area (Å²) >= 11 is 0. The van der Waals surface area contributed by atoms with Crippen molar-refractivity contribution in [1.29, 1.82) is 5.26 Å². The van der Waals surface area contributed by atoms with E-state index in [1.54, 1.807) is 18.2 Å². The van der Waals surface area contributed by atoms with Crippen molar-refractivity contribution in [3.05, 3.63) is 23.8 Å². The van der Waals surface area contributed by atoms with Gasteiger partial charge in [0.25, 0.3) is 0 Å². The lowest BCUT2D eigenvalue weighted by molar-refractivity contribution is 0.253. The fourth-order valence-electron chi connectivity index (χ4n) is 2.13. The van der Waals surface area contributed by atoms with Crippen molar-refractivity contribution < 1.29 is 4.74 Å². The van der Waals surface area contributed by atoms with Gasteiger partial charge < -0.3 is 10.5 Å². The van der Waals surface area contributed by atoms with E-state index in [1.807, 2.05) is 0 Å². The van der Waals surface area contributed by atoms with Gasteiger partial charge >= 0.3 is 0 Å². The van der Waals surface area contributed by atoms with E-state index < -0.39 is 0 Å². The van der Waals surface area contributed by atoms with Crippen LogP contribution in [0, 0.1) is 17.2 Å². The minimum Gasteiger partial charge on any atom is -0.491 e. The van der Waals surface area contributed by atoms with Crippen LogP contribution in [0.25, 0.3) is 0 Å². The third-order valence-electron chi connectivity index (χ3n) is 3.09. The van der Waals surface area contributed by atoms with Gasteiger partial charge in [0, 0.05) is 0 Å². The van der Waals surface area contributed by atoms with Crippen molar-refractivity contribution in [3.8, 4) is 11.8 Å². The highest BCUT2D eigenvalue weighted by Gasteiger charge is 2.15. The third kappa shape index (κ3) is 2.46. The van der Waals surface area contributed by atoms with Crippen LogP contribution in [-0.4, -0.2) is 6.61 Å². The number of nitrogens with two attached hydrogens (primary N) is 1. The van der Waals surface area contributed by atoms with Gasteiger partial charge in [-0.3, -0.25) is 0 Å². The Hall–Kier alpha value is -1.69. The Kier molecular flexibility index (Phi) is 3.31. The molecule has 1 fully saturated rings. The van der Waals surface area contributed by atoms with E-state index in [1.165, 1.54) is 25.7 Å². The van der Waals surface area contributed by atoms with E-state index in [9.17, 15) is 0 Å². The number of hydrogen-bond acceptors (Lipinski definition) is 3. The van der Waals surface area contributed by atoms with Crippen molar-refractivity contribution in [2.45, 2.75) is 25.7 Å². The van der Waals surface area contributed by atoms with Crippen LogP contribution >= 0.6 is 0 Å². The molecule has 0 radical (unpaired) electrons. The summed E-state index contributed by atoms with van der Waals surface area (Å²) in [5.41, 5.74) is 6.93. The second-order valence-corrected chi connectivity index (χ2v) is 4.33. The molecule has 3 heteroatoms. The minimum absolute atomic E-state index is 0.553. The van der Waals surface area contributed by atoms with Crippen LogP contribution in [0.3, 0.4) is 0 Å². The Morgan fingerprint density at radius 1 is 1.38 bits per heavy atom. The Bertz CT molecular complexity index is 403. The molecule has 0 amide bonds. The lowest BCUT2D eigenvalue weighted by Crippen LogP contribution is -2.09. The number of nitrogens with zero attached hydrogens (tertiary/aromatic N) is 1. The van der Waals surface area contributed by atoms with Crippen molar-refractivity contribution >= 4 is 5.69 Å². The van der Waals surface area contributed by atoms with E-state index in [-0.39, 0.29) is 0 Å². The summed E-state index contributed by atoms with van der Waals surface area (Å²) in [6.07, 6.45) is 5.15. The van der Waals surface area contributed by atoms with Gasteiger partial charge in [0.2, 0.25) is 0 Å². The van der Waals surface area contributed by atoms with Crippen molar-refractivity contribution in [1.82, 2.24) is 0 Å². The van der Waals surface area contributed by atoms with Crippen LogP contribution in [0.4, 0.5) is 5.69 Å². The molecule has 0 unspecified atom stereocenters. The largest absolute Gasteiger partial charge is 0.491 e. The average Bonchev–Trinajstić information content (AvgIpc) is 2.80. The van der Waals surface area contributed by atoms with Gasteiger partial charge in [-0.25, -0.2) is 0 Å². The second kappa shape index (κ2) is 4.89. The maximum absolute atomic E-state index is 8.71. The molecule has 1 aromatic rings. The predicted molar refractivity (Wildman–Crippen MR) is 63.0 cm³/mol. The van der Waals surface area contributed by atoms with Crippen LogP contribution in [0.15, 0.2) is 18.2 Å². The molecular formula is C13H16N2O. The second-order valence-electron chi connectivity index (χ2n) is 4.33. The predicted octanol–water partition coefficient (Wildman–Crippen LogP) is 2.71. The molecule has 0 heterocycles. The van der Waals surface area contributed by atoms with Gasteiger partial charge in [-0.1, -0.05) is 12.8 Å². The van der Waals surface area contributed by atoms with E-state index >= 15 is 0 Å². The summed E-state index contributed by atoms with van der Waals surface area (Å²) in [4.78, 5) is 0. The summed E-state index contributed by atoms with van der Waals surface area (Å²) in [5.74, 6) is 1.38. The Morgan fingerprint density at radius 2 is 2.12 bits per heavy atom. The Labute approximate surface area is 95.8 Å². The molecule has 0 saturated heterocycles. The molecule has 1 aliphatic carbocycles. The number of anilines is 1. The molecule has 2 N–H and O–H groups in total. The highest BCUT2D eigenvalue weighted by Crippen LogP contribution is 2.27. The highest BCUT2D eigenvalue weighted by atomic mass is 16.5. The monoisotopic (exact) mass is 216 g/mol. The number of hydrogen-bond donors (Lipinski definition) is 1. The van der Waals surface area contributed by atoms with Gasteiger partial charge in [0.15, 0.2) is 0 Å². The Balaban J connectivity index is 1.96. The third-order valence-corrected chi connectivity index (χ3v) is 3.09. The maximum atomic E-state index is 8.71. The van der Waals surface area contributed by atoms with Gasteiger partial charge in [0.1, 0.15) is 5.75 Å². The topological polar surface area (TPSA) is 59.0 Å². The zero-order chi connectivity index (χ0) is 11.4. The Morgan fingerprint density at radius 3 is 2.75 bits per heavy atom. The minimum atomic E-state index is 0.553. The molecule has 1 saturated carbocycles. The molecule has 84 valence electrons. The van der Waals surface area contributed by atoms with Crippen molar-refractivity contribution in [3.63, 3.8) is 0 Å². The van der Waals surface area contributed by atoms with Crippen LogP contribution in [0.1, 0.15) is 31.2 Å². The molecule has 0 aliphatic heterocycles. The van der Waals surface area contributed by atoms with E-state index in [0.29, 0.717) is 22.9 Å². The van der Waals surface area contributed by atoms with Gasteiger partial charge in [-0.05, 0) is 37.0 Å². The van der Waals surface area contributed by atoms with Gasteiger partial charge in [-0.2, -0.15) is 5.26 Å². The average molecular weight is 216 g/mol. The van der Waals surface area contributed by atoms with Crippen LogP contribution in [-0.2, 0) is 0 Å². The molecule has 1 aliphatic rings. The lowest BCUT2D eigenvalue weighted by Gasteiger charge is -2.12. The normalized spacial score (nSPS) is 15.9. The maximum Gasteiger partial charge on any atom is 0.142 e. The molecule has 0 atom stereocenters. The number of nitriles is 1. The van der Waals surface area contributed by atoms with Crippen LogP contribution < -0.4 is 10.5 Å². The SMILES string of the molecule is N#Cc1ccc(OCC2CCCC2)c(N)c1. The number of ether oxygens (including phenoxy) is 1. The molecule has 0 spiro atoms. The molecule has 3 nitrogen and oxygen atoms in total. The summed E-state index contributed by atoms with van der Waals surface area (Å²) in [7, 11) is 0. The first-order valence-corrected chi connectivity index (χ1v) is 5.72. The zero-order valence-corrected chi connectivity index (χ0v) is 9.28. The fraction of sp³-hybridized carbons (Fsp3) is 0.462. The molecule has 2 rings (SSSR count). The standard InChI is InChI=1S/C13H16N2O/c14-8-11-5-6-13(12(15)7-11)16-9-10-3-1-2-4-10/h5-7,10H,1-4,9,15H2. The smallest absolute Gasteiger partial charge is 0.142 e. The van der Waals surface area contributed by atoms with E-state index in [2.05, 4.69) is 6.07 Å². The number of benzene rings is 1. The van der Waals surface area contributed by atoms with Crippen molar-refractivity contribution in [2.75, 3.05) is 12.3 Å². The molecule has 0 bridgehead atoms. The zero-order valence-electron chi connectivity index (χ0n) is 9.28. The summed E-state index contributed by atoms with van der Waals surface area (Å²) in [6, 6.07) is 7.23. The molecule has 1 aromatic carbocycles. The quantitative estimate of drug-likeness (QED) is 0.790. The molecular weight excluding hydrogens is 200 g/mol. The van der Waals surface area contributed by atoms with Gasteiger partial charge in [-0.15, -0.1) is 0 Å². The fourth-order valence-corrected chi connectivity index (χ4v) is 2.13.